The monoisotopic (exact) mass is 446 g/mol. The van der Waals surface area contributed by atoms with Crippen LogP contribution in [0.4, 0.5) is 0 Å². The molecule has 2 aliphatic heterocycles. The maximum absolute atomic E-state index is 6.03. The summed E-state index contributed by atoms with van der Waals surface area (Å²) >= 11 is 0. The van der Waals surface area contributed by atoms with E-state index in [0.717, 1.165) is 22.3 Å². The van der Waals surface area contributed by atoms with Crippen LogP contribution in [0.5, 0.6) is 0 Å². The summed E-state index contributed by atoms with van der Waals surface area (Å²) in [6.45, 7) is 0.995. The molecule has 6 nitrogen and oxygen atoms in total. The number of pyridine rings is 2. The van der Waals surface area contributed by atoms with Gasteiger partial charge in [-0.15, -0.1) is 0 Å². The van der Waals surface area contributed by atoms with Crippen LogP contribution in [0.3, 0.4) is 0 Å². The first-order valence-corrected chi connectivity index (χ1v) is 11.3. The minimum Gasteiger partial charge on any atom is -0.475 e. The van der Waals surface area contributed by atoms with E-state index < -0.39 is 0 Å². The Morgan fingerprint density at radius 1 is 0.529 bits per heavy atom. The summed E-state index contributed by atoms with van der Waals surface area (Å²) in [6.07, 6.45) is 3.51. The first-order valence-electron chi connectivity index (χ1n) is 11.3. The van der Waals surface area contributed by atoms with Gasteiger partial charge in [0.05, 0.1) is 11.1 Å². The molecule has 2 aliphatic rings. The van der Waals surface area contributed by atoms with Gasteiger partial charge in [-0.3, -0.25) is 9.97 Å². The van der Waals surface area contributed by atoms with E-state index in [1.807, 2.05) is 60.7 Å². The van der Waals surface area contributed by atoms with E-state index in [0.29, 0.717) is 36.4 Å². The molecule has 0 unspecified atom stereocenters. The largest absolute Gasteiger partial charge is 0.475 e. The van der Waals surface area contributed by atoms with Crippen LogP contribution < -0.4 is 0 Å². The second kappa shape index (κ2) is 8.90. The predicted molar refractivity (Wildman–Crippen MR) is 131 cm³/mol. The van der Waals surface area contributed by atoms with Crippen molar-refractivity contribution in [3.05, 3.63) is 120 Å². The van der Waals surface area contributed by atoms with Gasteiger partial charge in [0.15, 0.2) is 0 Å². The Morgan fingerprint density at radius 2 is 0.971 bits per heavy atom. The van der Waals surface area contributed by atoms with E-state index in [1.165, 1.54) is 0 Å². The zero-order valence-corrected chi connectivity index (χ0v) is 18.4. The molecular formula is C28H22N4O2. The van der Waals surface area contributed by atoms with Gasteiger partial charge in [-0.25, -0.2) is 9.98 Å². The fourth-order valence-corrected chi connectivity index (χ4v) is 4.27. The molecule has 6 rings (SSSR count). The number of nitrogens with zero attached hydrogens (tertiary/aromatic N) is 4. The zero-order chi connectivity index (χ0) is 22.7. The van der Waals surface area contributed by atoms with Crippen molar-refractivity contribution in [3.63, 3.8) is 0 Å². The molecule has 34 heavy (non-hydrogen) atoms. The summed E-state index contributed by atoms with van der Waals surface area (Å²) in [7, 11) is 0. The van der Waals surface area contributed by atoms with Crippen molar-refractivity contribution in [2.45, 2.75) is 12.1 Å². The molecule has 0 aliphatic carbocycles. The van der Waals surface area contributed by atoms with Crippen molar-refractivity contribution in [1.82, 2.24) is 9.97 Å². The quantitative estimate of drug-likeness (QED) is 0.424. The van der Waals surface area contributed by atoms with Crippen molar-refractivity contribution in [3.8, 4) is 11.4 Å². The van der Waals surface area contributed by atoms with Crippen LogP contribution in [0, 0.1) is 0 Å². The molecule has 0 saturated carbocycles. The lowest BCUT2D eigenvalue weighted by molar-refractivity contribution is 0.319. The van der Waals surface area contributed by atoms with E-state index in [9.17, 15) is 0 Å². The average molecular weight is 447 g/mol. The van der Waals surface area contributed by atoms with E-state index in [4.69, 9.17) is 19.5 Å². The molecule has 0 spiro atoms. The van der Waals surface area contributed by atoms with Gasteiger partial charge in [0.2, 0.25) is 11.8 Å². The van der Waals surface area contributed by atoms with Crippen LogP contribution >= 0.6 is 0 Å². The van der Waals surface area contributed by atoms with Crippen molar-refractivity contribution in [1.29, 1.82) is 0 Å². The number of aliphatic imine (C=N–C) groups is 2. The van der Waals surface area contributed by atoms with E-state index in [-0.39, 0.29) is 12.1 Å². The summed E-state index contributed by atoms with van der Waals surface area (Å²) in [5, 5.41) is 0. The third-order valence-electron chi connectivity index (χ3n) is 5.97. The Balaban J connectivity index is 1.37. The van der Waals surface area contributed by atoms with Crippen LogP contribution in [0.15, 0.2) is 107 Å². The molecule has 4 aromatic rings. The maximum Gasteiger partial charge on any atom is 0.219 e. The Labute approximate surface area is 197 Å². The van der Waals surface area contributed by atoms with Gasteiger partial charge in [0.25, 0.3) is 0 Å². The van der Waals surface area contributed by atoms with Gasteiger partial charge in [-0.1, -0.05) is 60.7 Å². The summed E-state index contributed by atoms with van der Waals surface area (Å²) in [6, 6.07) is 28.0. The molecule has 0 saturated heterocycles. The molecule has 2 aromatic carbocycles. The van der Waals surface area contributed by atoms with E-state index >= 15 is 0 Å². The normalized spacial score (nSPS) is 19.2. The molecule has 0 fully saturated rings. The highest BCUT2D eigenvalue weighted by molar-refractivity contribution is 6.05. The van der Waals surface area contributed by atoms with Crippen molar-refractivity contribution in [2.75, 3.05) is 13.2 Å². The second-order valence-corrected chi connectivity index (χ2v) is 8.14. The van der Waals surface area contributed by atoms with Gasteiger partial charge in [0.1, 0.15) is 36.7 Å². The fraction of sp³-hybridized carbons (Fsp3) is 0.143. The lowest BCUT2D eigenvalue weighted by atomic mass is 10.1. The third-order valence-corrected chi connectivity index (χ3v) is 5.97. The molecule has 0 N–H and O–H groups in total. The van der Waals surface area contributed by atoms with Gasteiger partial charge < -0.3 is 9.47 Å². The summed E-state index contributed by atoms with van der Waals surface area (Å²) in [5.74, 6) is 1.15. The predicted octanol–water partition coefficient (Wildman–Crippen LogP) is 5.18. The minimum absolute atomic E-state index is 0.0402. The molecule has 166 valence electrons. The van der Waals surface area contributed by atoms with Crippen molar-refractivity contribution in [2.24, 2.45) is 9.98 Å². The van der Waals surface area contributed by atoms with E-state index in [2.05, 4.69) is 34.2 Å². The Hall–Kier alpha value is -4.32. The molecule has 0 radical (unpaired) electrons. The van der Waals surface area contributed by atoms with E-state index in [1.54, 1.807) is 12.4 Å². The van der Waals surface area contributed by atoms with Crippen molar-refractivity contribution < 1.29 is 9.47 Å². The highest BCUT2D eigenvalue weighted by Gasteiger charge is 2.28. The van der Waals surface area contributed by atoms with Crippen LogP contribution in [0.2, 0.25) is 0 Å². The van der Waals surface area contributed by atoms with Gasteiger partial charge in [-0.2, -0.15) is 0 Å². The molecule has 2 aromatic heterocycles. The maximum atomic E-state index is 6.03. The molecular weight excluding hydrogens is 424 g/mol. The molecule has 0 amide bonds. The second-order valence-electron chi connectivity index (χ2n) is 8.14. The Kier molecular flexibility index (Phi) is 5.32. The minimum atomic E-state index is -0.0402. The summed E-state index contributed by atoms with van der Waals surface area (Å²) < 4.78 is 12.1. The first-order chi connectivity index (χ1) is 16.9. The highest BCUT2D eigenvalue weighted by atomic mass is 16.5. The summed E-state index contributed by atoms with van der Waals surface area (Å²) in [5.41, 5.74) is 5.25. The lowest BCUT2D eigenvalue weighted by Crippen LogP contribution is -2.09. The highest BCUT2D eigenvalue weighted by Crippen LogP contribution is 2.32. The SMILES string of the molecule is c1ccc([C@H]2COC(c3cccnc3-c3ncccc3C3=N[C@@H](c4ccccc4)CO3)=N2)cc1. The number of hydrogen-bond acceptors (Lipinski definition) is 6. The van der Waals surface area contributed by atoms with Crippen LogP contribution in [0.25, 0.3) is 11.4 Å². The first kappa shape index (κ1) is 20.3. The Bertz CT molecular complexity index is 1260. The zero-order valence-electron chi connectivity index (χ0n) is 18.4. The number of ether oxygens (including phenoxy) is 2. The Morgan fingerprint density at radius 3 is 1.41 bits per heavy atom. The number of hydrogen-bond donors (Lipinski definition) is 0. The third kappa shape index (κ3) is 3.83. The lowest BCUT2D eigenvalue weighted by Gasteiger charge is -2.11. The van der Waals surface area contributed by atoms with Crippen molar-refractivity contribution >= 4 is 11.8 Å². The smallest absolute Gasteiger partial charge is 0.219 e. The molecule has 4 heterocycles. The molecule has 2 atom stereocenters. The fourth-order valence-electron chi connectivity index (χ4n) is 4.27. The number of rotatable bonds is 5. The molecule has 0 bridgehead atoms. The average Bonchev–Trinajstić information content (AvgIpc) is 3.61. The number of benzene rings is 2. The van der Waals surface area contributed by atoms with Gasteiger partial charge in [0, 0.05) is 12.4 Å². The topological polar surface area (TPSA) is 69.0 Å². The van der Waals surface area contributed by atoms with Gasteiger partial charge in [-0.05, 0) is 35.4 Å². The van der Waals surface area contributed by atoms with Crippen LogP contribution in [-0.4, -0.2) is 35.0 Å². The number of aromatic nitrogens is 2. The van der Waals surface area contributed by atoms with Crippen LogP contribution in [0.1, 0.15) is 34.3 Å². The van der Waals surface area contributed by atoms with Gasteiger partial charge >= 0.3 is 0 Å². The van der Waals surface area contributed by atoms with Crippen LogP contribution in [-0.2, 0) is 9.47 Å². The summed E-state index contributed by atoms with van der Waals surface area (Å²) in [4.78, 5) is 19.1. The molecule has 6 heteroatoms. The standard InChI is InChI=1S/C28H22N4O2/c1-3-9-19(10-4-1)23-17-33-27(31-23)21-13-7-15-29-25(21)26-22(14-8-16-30-26)28-32-24(18-34-28)20-11-5-2-6-12-20/h1-16,23-24H,17-18H2/t23-,24-/m1/s1.